The van der Waals surface area contributed by atoms with Gasteiger partial charge < -0.3 is 15.0 Å². The maximum absolute atomic E-state index is 12.8. The Hall–Kier alpha value is -2.14. The Bertz CT molecular complexity index is 712. The second-order valence-corrected chi connectivity index (χ2v) is 6.28. The minimum Gasteiger partial charge on any atom is -0.481 e. The maximum Gasteiger partial charge on any atom is 0.272 e. The van der Waals surface area contributed by atoms with Gasteiger partial charge in [-0.25, -0.2) is 4.98 Å². The first kappa shape index (κ1) is 14.8. The first-order valence-corrected chi connectivity index (χ1v) is 7.48. The Morgan fingerprint density at radius 1 is 1.36 bits per heavy atom. The van der Waals surface area contributed by atoms with Gasteiger partial charge >= 0.3 is 0 Å². The number of rotatable bonds is 2. The second kappa shape index (κ2) is 5.57. The molecule has 1 fully saturated rings. The van der Waals surface area contributed by atoms with Gasteiger partial charge in [0.15, 0.2) is 0 Å². The third-order valence-electron chi connectivity index (χ3n) is 3.98. The van der Waals surface area contributed by atoms with Crippen LogP contribution >= 0.6 is 0 Å². The highest BCUT2D eigenvalue weighted by Gasteiger charge is 2.30. The number of benzene rings is 1. The van der Waals surface area contributed by atoms with E-state index in [9.17, 15) is 4.79 Å². The number of nitrogens with zero attached hydrogens (tertiary/aromatic N) is 2. The molecule has 0 bridgehead atoms. The van der Waals surface area contributed by atoms with E-state index in [1.807, 2.05) is 35.2 Å². The van der Waals surface area contributed by atoms with Crippen LogP contribution in [0.3, 0.4) is 0 Å². The quantitative estimate of drug-likeness (QED) is 0.922. The molecule has 5 nitrogen and oxygen atoms in total. The van der Waals surface area contributed by atoms with Crippen molar-refractivity contribution in [2.45, 2.75) is 19.4 Å². The Kier molecular flexibility index (Phi) is 3.74. The van der Waals surface area contributed by atoms with Gasteiger partial charge in [0.05, 0.1) is 7.11 Å². The Morgan fingerprint density at radius 2 is 2.14 bits per heavy atom. The zero-order chi connectivity index (χ0) is 15.7. The molecule has 0 unspecified atom stereocenters. The summed E-state index contributed by atoms with van der Waals surface area (Å²) < 4.78 is 5.35. The summed E-state index contributed by atoms with van der Waals surface area (Å²) in [5.74, 6) is 0.453. The lowest BCUT2D eigenvalue weighted by atomic mass is 10.0. The minimum absolute atomic E-state index is 0.0429. The van der Waals surface area contributed by atoms with Gasteiger partial charge in [0.2, 0.25) is 5.88 Å². The topological polar surface area (TPSA) is 54.5 Å². The number of nitrogens with one attached hydrogen (secondary N) is 1. The van der Waals surface area contributed by atoms with Crippen molar-refractivity contribution in [1.82, 2.24) is 15.2 Å². The predicted octanol–water partition coefficient (Wildman–Crippen LogP) is 2.07. The molecule has 1 aromatic carbocycles. The number of ether oxygens (including phenoxy) is 1. The van der Waals surface area contributed by atoms with Gasteiger partial charge in [-0.15, -0.1) is 0 Å². The summed E-state index contributed by atoms with van der Waals surface area (Å²) in [5, 5.41) is 5.29. The van der Waals surface area contributed by atoms with Crippen LogP contribution in [0.2, 0.25) is 0 Å². The van der Waals surface area contributed by atoms with E-state index in [0.717, 1.165) is 17.3 Å². The summed E-state index contributed by atoms with van der Waals surface area (Å²) in [6.07, 6.45) is 0. The molecule has 0 atom stereocenters. The summed E-state index contributed by atoms with van der Waals surface area (Å²) in [6, 6.07) is 9.65. The molecule has 1 amide bonds. The minimum atomic E-state index is -0.0746. The summed E-state index contributed by atoms with van der Waals surface area (Å²) in [4.78, 5) is 19.0. The average molecular weight is 299 g/mol. The van der Waals surface area contributed by atoms with Gasteiger partial charge in [-0.1, -0.05) is 18.2 Å². The summed E-state index contributed by atoms with van der Waals surface area (Å²) in [7, 11) is 1.58. The number of carbonyl (C=O) groups is 1. The first-order valence-electron chi connectivity index (χ1n) is 7.48. The molecule has 3 rings (SSSR count). The first-order chi connectivity index (χ1) is 10.5. The third kappa shape index (κ3) is 2.76. The SMILES string of the molecule is COc1nc(C(=O)N2CCNC(C)(C)C2)cc2ccccc12. The van der Waals surface area contributed by atoms with Gasteiger partial charge in [0.1, 0.15) is 5.69 Å². The third-order valence-corrected chi connectivity index (χ3v) is 3.98. The number of carbonyl (C=O) groups excluding carboxylic acids is 1. The van der Waals surface area contributed by atoms with Crippen LogP contribution in [0, 0.1) is 0 Å². The van der Waals surface area contributed by atoms with E-state index >= 15 is 0 Å². The number of pyridine rings is 1. The smallest absolute Gasteiger partial charge is 0.272 e. The number of hydrogen-bond donors (Lipinski definition) is 1. The van der Waals surface area contributed by atoms with Crippen LogP contribution < -0.4 is 10.1 Å². The molecule has 2 heterocycles. The Labute approximate surface area is 130 Å². The predicted molar refractivity (Wildman–Crippen MR) is 86.3 cm³/mol. The molecule has 1 aliphatic heterocycles. The molecule has 1 saturated heterocycles. The van der Waals surface area contributed by atoms with E-state index in [4.69, 9.17) is 4.74 Å². The van der Waals surface area contributed by atoms with E-state index in [2.05, 4.69) is 24.1 Å². The standard InChI is InChI=1S/C17H21N3O2/c1-17(2)11-20(9-8-18-17)16(21)14-10-12-6-4-5-7-13(12)15(19-14)22-3/h4-7,10,18H,8-9,11H2,1-3H3. The molecule has 22 heavy (non-hydrogen) atoms. The lowest BCUT2D eigenvalue weighted by Gasteiger charge is -2.39. The molecule has 0 saturated carbocycles. The lowest BCUT2D eigenvalue weighted by Crippen LogP contribution is -2.58. The van der Waals surface area contributed by atoms with Crippen LogP contribution in [0.25, 0.3) is 10.8 Å². The van der Waals surface area contributed by atoms with Crippen molar-refractivity contribution in [3.63, 3.8) is 0 Å². The molecular formula is C17H21N3O2. The highest BCUT2D eigenvalue weighted by molar-refractivity contribution is 5.98. The highest BCUT2D eigenvalue weighted by atomic mass is 16.5. The monoisotopic (exact) mass is 299 g/mol. The summed E-state index contributed by atoms with van der Waals surface area (Å²) >= 11 is 0. The van der Waals surface area contributed by atoms with Crippen LogP contribution in [0.1, 0.15) is 24.3 Å². The van der Waals surface area contributed by atoms with E-state index in [1.165, 1.54) is 0 Å². The van der Waals surface area contributed by atoms with Crippen LogP contribution in [-0.2, 0) is 0 Å². The molecule has 1 N–H and O–H groups in total. The fraction of sp³-hybridized carbons (Fsp3) is 0.412. The van der Waals surface area contributed by atoms with Gasteiger partial charge in [-0.2, -0.15) is 0 Å². The van der Waals surface area contributed by atoms with Gasteiger partial charge in [-0.3, -0.25) is 4.79 Å². The van der Waals surface area contributed by atoms with Crippen LogP contribution in [-0.4, -0.2) is 48.1 Å². The molecular weight excluding hydrogens is 278 g/mol. The number of methoxy groups -OCH3 is 1. The van der Waals surface area contributed by atoms with E-state index in [-0.39, 0.29) is 11.4 Å². The van der Waals surface area contributed by atoms with Crippen molar-refractivity contribution in [2.75, 3.05) is 26.7 Å². The fourth-order valence-electron chi connectivity index (χ4n) is 2.91. The van der Waals surface area contributed by atoms with E-state index in [1.54, 1.807) is 7.11 Å². The zero-order valence-electron chi connectivity index (χ0n) is 13.2. The molecule has 0 spiro atoms. The van der Waals surface area contributed by atoms with Crippen LogP contribution in [0.5, 0.6) is 5.88 Å². The molecule has 116 valence electrons. The van der Waals surface area contributed by atoms with Gasteiger partial charge in [-0.05, 0) is 31.4 Å². The summed E-state index contributed by atoms with van der Waals surface area (Å²) in [5.41, 5.74) is 0.364. The van der Waals surface area contributed by atoms with Gasteiger partial charge in [0.25, 0.3) is 5.91 Å². The molecule has 0 radical (unpaired) electrons. The molecule has 1 aromatic heterocycles. The molecule has 5 heteroatoms. The second-order valence-electron chi connectivity index (χ2n) is 6.28. The van der Waals surface area contributed by atoms with Gasteiger partial charge in [0, 0.05) is 30.6 Å². The summed E-state index contributed by atoms with van der Waals surface area (Å²) in [6.45, 7) is 6.35. The number of amides is 1. The lowest BCUT2D eigenvalue weighted by molar-refractivity contribution is 0.0645. The van der Waals surface area contributed by atoms with Crippen molar-refractivity contribution in [3.05, 3.63) is 36.0 Å². The number of hydrogen-bond acceptors (Lipinski definition) is 4. The van der Waals surface area contributed by atoms with Crippen molar-refractivity contribution in [1.29, 1.82) is 0 Å². The largest absolute Gasteiger partial charge is 0.481 e. The fourth-order valence-corrected chi connectivity index (χ4v) is 2.91. The van der Waals surface area contributed by atoms with Crippen molar-refractivity contribution in [2.24, 2.45) is 0 Å². The van der Waals surface area contributed by atoms with Crippen molar-refractivity contribution < 1.29 is 9.53 Å². The van der Waals surface area contributed by atoms with Crippen molar-refractivity contribution in [3.8, 4) is 5.88 Å². The van der Waals surface area contributed by atoms with Crippen LogP contribution in [0.4, 0.5) is 0 Å². The normalized spacial score (nSPS) is 17.5. The highest BCUT2D eigenvalue weighted by Crippen LogP contribution is 2.25. The Morgan fingerprint density at radius 3 is 2.86 bits per heavy atom. The Balaban J connectivity index is 1.97. The molecule has 2 aromatic rings. The molecule has 1 aliphatic rings. The maximum atomic E-state index is 12.8. The number of piperazine rings is 1. The molecule has 0 aliphatic carbocycles. The zero-order valence-corrected chi connectivity index (χ0v) is 13.2. The number of fused-ring (bicyclic) bond motifs is 1. The van der Waals surface area contributed by atoms with E-state index in [0.29, 0.717) is 24.7 Å². The number of aromatic nitrogens is 1. The van der Waals surface area contributed by atoms with Crippen molar-refractivity contribution >= 4 is 16.7 Å². The van der Waals surface area contributed by atoms with Crippen LogP contribution in [0.15, 0.2) is 30.3 Å². The average Bonchev–Trinajstić information content (AvgIpc) is 2.52. The van der Waals surface area contributed by atoms with E-state index < -0.39 is 0 Å².